The quantitative estimate of drug-likeness (QED) is 0.645. The van der Waals surface area contributed by atoms with Crippen molar-refractivity contribution < 1.29 is 24.2 Å². The number of allylic oxidation sites excluding steroid dienone is 1. The first-order valence-corrected chi connectivity index (χ1v) is 7.38. The van der Waals surface area contributed by atoms with Crippen molar-refractivity contribution in [3.05, 3.63) is 36.4 Å². The van der Waals surface area contributed by atoms with Crippen LogP contribution in [0.3, 0.4) is 0 Å². The molecule has 0 spiro atoms. The Labute approximate surface area is 136 Å². The number of hydrogen-bond acceptors (Lipinski definition) is 4. The van der Waals surface area contributed by atoms with E-state index in [1.54, 1.807) is 19.1 Å². The van der Waals surface area contributed by atoms with E-state index in [1.807, 2.05) is 12.1 Å². The van der Waals surface area contributed by atoms with Gasteiger partial charge in [0.25, 0.3) is 5.91 Å². The van der Waals surface area contributed by atoms with Crippen LogP contribution in [0.4, 0.5) is 0 Å². The molecule has 0 fully saturated rings. The van der Waals surface area contributed by atoms with E-state index in [-0.39, 0.29) is 25.0 Å². The van der Waals surface area contributed by atoms with Gasteiger partial charge in [0.15, 0.2) is 18.1 Å². The summed E-state index contributed by atoms with van der Waals surface area (Å²) in [6.07, 6.45) is 2.90. The summed E-state index contributed by atoms with van der Waals surface area (Å²) in [5.74, 6) is -0.156. The van der Waals surface area contributed by atoms with Gasteiger partial charge in [-0.25, -0.2) is 0 Å². The van der Waals surface area contributed by atoms with Crippen molar-refractivity contribution in [1.29, 1.82) is 0 Å². The van der Waals surface area contributed by atoms with Gasteiger partial charge in [-0.1, -0.05) is 12.1 Å². The monoisotopic (exact) mass is 321 g/mol. The van der Waals surface area contributed by atoms with Crippen molar-refractivity contribution >= 4 is 11.9 Å². The van der Waals surface area contributed by atoms with Crippen molar-refractivity contribution in [3.8, 4) is 11.5 Å². The molecule has 1 amide bonds. The molecular weight excluding hydrogens is 298 g/mol. The lowest BCUT2D eigenvalue weighted by Gasteiger charge is -2.15. The van der Waals surface area contributed by atoms with Gasteiger partial charge < -0.3 is 19.9 Å². The van der Waals surface area contributed by atoms with Crippen LogP contribution >= 0.6 is 0 Å². The molecule has 6 heteroatoms. The summed E-state index contributed by atoms with van der Waals surface area (Å²) in [6, 6.07) is 5.25. The number of carboxylic acid groups (broad SMARTS) is 1. The van der Waals surface area contributed by atoms with Crippen LogP contribution in [0.15, 0.2) is 30.9 Å². The van der Waals surface area contributed by atoms with Gasteiger partial charge in [-0.3, -0.25) is 9.59 Å². The van der Waals surface area contributed by atoms with Crippen molar-refractivity contribution in [2.75, 3.05) is 13.7 Å². The summed E-state index contributed by atoms with van der Waals surface area (Å²) in [7, 11) is 1.54. The maximum Gasteiger partial charge on any atom is 0.303 e. The summed E-state index contributed by atoms with van der Waals surface area (Å²) in [5, 5.41) is 11.3. The molecule has 23 heavy (non-hydrogen) atoms. The zero-order valence-electron chi connectivity index (χ0n) is 13.5. The van der Waals surface area contributed by atoms with E-state index in [9.17, 15) is 9.59 Å². The van der Waals surface area contributed by atoms with Gasteiger partial charge in [0.2, 0.25) is 0 Å². The van der Waals surface area contributed by atoms with Crippen molar-refractivity contribution in [3.63, 3.8) is 0 Å². The Morgan fingerprint density at radius 3 is 2.74 bits per heavy atom. The zero-order chi connectivity index (χ0) is 17.2. The van der Waals surface area contributed by atoms with Gasteiger partial charge >= 0.3 is 5.97 Å². The molecule has 6 nitrogen and oxygen atoms in total. The van der Waals surface area contributed by atoms with Crippen molar-refractivity contribution in [2.45, 2.75) is 32.2 Å². The van der Waals surface area contributed by atoms with Crippen LogP contribution in [0.1, 0.15) is 25.3 Å². The molecule has 0 saturated carbocycles. The Balaban J connectivity index is 2.52. The molecule has 1 aromatic rings. The SMILES string of the molecule is C=CCc1ccc(OCC(=O)NC(C)CCC(=O)O)c(OC)c1. The molecule has 2 N–H and O–H groups in total. The minimum atomic E-state index is -0.883. The summed E-state index contributed by atoms with van der Waals surface area (Å²) in [5.41, 5.74) is 1.04. The minimum Gasteiger partial charge on any atom is -0.493 e. The predicted molar refractivity (Wildman–Crippen MR) is 86.9 cm³/mol. The summed E-state index contributed by atoms with van der Waals surface area (Å²) in [4.78, 5) is 22.3. The maximum atomic E-state index is 11.8. The number of carbonyl (C=O) groups is 2. The van der Waals surface area contributed by atoms with Crippen LogP contribution in [-0.2, 0) is 16.0 Å². The number of rotatable bonds is 10. The maximum absolute atomic E-state index is 11.8. The van der Waals surface area contributed by atoms with Crippen LogP contribution in [0.25, 0.3) is 0 Å². The van der Waals surface area contributed by atoms with Crippen molar-refractivity contribution in [2.24, 2.45) is 0 Å². The van der Waals surface area contributed by atoms with Crippen LogP contribution in [0.2, 0.25) is 0 Å². The molecule has 0 aliphatic carbocycles. The lowest BCUT2D eigenvalue weighted by atomic mass is 10.1. The second-order valence-electron chi connectivity index (χ2n) is 5.17. The standard InChI is InChI=1S/C17H23NO5/c1-4-5-13-7-8-14(15(10-13)22-3)23-11-16(19)18-12(2)6-9-17(20)21/h4,7-8,10,12H,1,5-6,9,11H2,2-3H3,(H,18,19)(H,20,21). The number of amides is 1. The number of ether oxygens (including phenoxy) is 2. The Bertz CT molecular complexity index is 556. The Kier molecular flexibility index (Phi) is 7.66. The topological polar surface area (TPSA) is 84.9 Å². The van der Waals surface area contributed by atoms with Gasteiger partial charge in [-0.15, -0.1) is 6.58 Å². The molecule has 0 radical (unpaired) electrons. The van der Waals surface area contributed by atoms with E-state index in [0.717, 1.165) is 12.0 Å². The highest BCUT2D eigenvalue weighted by Crippen LogP contribution is 2.28. The largest absolute Gasteiger partial charge is 0.493 e. The third kappa shape index (κ3) is 6.86. The average molecular weight is 321 g/mol. The number of hydrogen-bond donors (Lipinski definition) is 2. The number of aliphatic carboxylic acids is 1. The van der Waals surface area contributed by atoms with Crippen LogP contribution in [0, 0.1) is 0 Å². The average Bonchev–Trinajstić information content (AvgIpc) is 2.51. The molecule has 1 rings (SSSR count). The third-order valence-corrected chi connectivity index (χ3v) is 3.17. The second kappa shape index (κ2) is 9.50. The van der Waals surface area contributed by atoms with Crippen molar-refractivity contribution in [1.82, 2.24) is 5.32 Å². The molecule has 0 aliphatic heterocycles. The predicted octanol–water partition coefficient (Wildman–Crippen LogP) is 2.17. The fourth-order valence-corrected chi connectivity index (χ4v) is 2.00. The first kappa shape index (κ1) is 18.5. The molecule has 0 heterocycles. The summed E-state index contributed by atoms with van der Waals surface area (Å²) >= 11 is 0. The van der Waals surface area contributed by atoms with E-state index in [4.69, 9.17) is 14.6 Å². The van der Waals surface area contributed by atoms with Crippen LogP contribution in [-0.4, -0.2) is 36.7 Å². The molecule has 1 atom stereocenters. The lowest BCUT2D eigenvalue weighted by Crippen LogP contribution is -2.36. The number of nitrogens with one attached hydrogen (secondary N) is 1. The van der Waals surface area contributed by atoms with Gasteiger partial charge in [0.1, 0.15) is 0 Å². The Morgan fingerprint density at radius 1 is 1.39 bits per heavy atom. The molecule has 0 aliphatic rings. The van der Waals surface area contributed by atoms with E-state index < -0.39 is 5.97 Å². The van der Waals surface area contributed by atoms with E-state index in [1.165, 1.54) is 7.11 Å². The highest BCUT2D eigenvalue weighted by Gasteiger charge is 2.11. The van der Waals surface area contributed by atoms with Crippen LogP contribution < -0.4 is 14.8 Å². The third-order valence-electron chi connectivity index (χ3n) is 3.17. The van der Waals surface area contributed by atoms with Gasteiger partial charge in [-0.05, 0) is 37.5 Å². The number of methoxy groups -OCH3 is 1. The smallest absolute Gasteiger partial charge is 0.303 e. The molecule has 1 aromatic carbocycles. The fraction of sp³-hybridized carbons (Fsp3) is 0.412. The molecule has 0 saturated heterocycles. The van der Waals surface area contributed by atoms with Crippen LogP contribution in [0.5, 0.6) is 11.5 Å². The zero-order valence-corrected chi connectivity index (χ0v) is 13.5. The first-order valence-electron chi connectivity index (χ1n) is 7.38. The summed E-state index contributed by atoms with van der Waals surface area (Å²) in [6.45, 7) is 5.28. The Hall–Kier alpha value is -2.50. The fourth-order valence-electron chi connectivity index (χ4n) is 2.00. The molecular formula is C17H23NO5. The molecule has 1 unspecified atom stereocenters. The van der Waals surface area contributed by atoms with Gasteiger partial charge in [-0.2, -0.15) is 0 Å². The highest BCUT2D eigenvalue weighted by molar-refractivity contribution is 5.78. The van der Waals surface area contributed by atoms with E-state index in [0.29, 0.717) is 17.9 Å². The Morgan fingerprint density at radius 2 is 2.13 bits per heavy atom. The van der Waals surface area contributed by atoms with E-state index >= 15 is 0 Å². The highest BCUT2D eigenvalue weighted by atomic mass is 16.5. The number of benzene rings is 1. The number of carbonyl (C=O) groups excluding carboxylic acids is 1. The second-order valence-corrected chi connectivity index (χ2v) is 5.17. The van der Waals surface area contributed by atoms with E-state index in [2.05, 4.69) is 11.9 Å². The minimum absolute atomic E-state index is 0.0148. The first-order chi connectivity index (χ1) is 11.0. The molecule has 126 valence electrons. The molecule has 0 aromatic heterocycles. The number of carboxylic acids is 1. The van der Waals surface area contributed by atoms with Gasteiger partial charge in [0.05, 0.1) is 7.11 Å². The normalized spacial score (nSPS) is 11.4. The lowest BCUT2D eigenvalue weighted by molar-refractivity contribution is -0.137. The summed E-state index contributed by atoms with van der Waals surface area (Å²) < 4.78 is 10.7. The van der Waals surface area contributed by atoms with Gasteiger partial charge in [0, 0.05) is 12.5 Å². The molecule has 0 bridgehead atoms.